The summed E-state index contributed by atoms with van der Waals surface area (Å²) in [5, 5.41) is 6.82. The Balaban J connectivity index is 1.77. The van der Waals surface area contributed by atoms with Gasteiger partial charge in [-0.25, -0.2) is 9.97 Å². The van der Waals surface area contributed by atoms with E-state index < -0.39 is 0 Å². The monoisotopic (exact) mass is 300 g/mol. The lowest BCUT2D eigenvalue weighted by Gasteiger charge is -2.16. The fraction of sp³-hybridized carbons (Fsp3) is 0.312. The zero-order valence-electron chi connectivity index (χ0n) is 12.3. The number of nitrogens with one attached hydrogen (secondary N) is 2. The number of hydrogen-bond acceptors (Lipinski definition) is 3. The van der Waals surface area contributed by atoms with Gasteiger partial charge in [-0.15, -0.1) is 0 Å². The van der Waals surface area contributed by atoms with E-state index in [0.717, 1.165) is 18.5 Å². The molecule has 0 saturated heterocycles. The molecule has 0 spiro atoms. The van der Waals surface area contributed by atoms with Crippen molar-refractivity contribution < 1.29 is 0 Å². The molecule has 1 aromatic heterocycles. The molecule has 2 aromatic rings. The molecule has 0 fully saturated rings. The van der Waals surface area contributed by atoms with Gasteiger partial charge in [-0.05, 0) is 50.5 Å². The van der Waals surface area contributed by atoms with Gasteiger partial charge < -0.3 is 10.6 Å². The highest BCUT2D eigenvalue weighted by Gasteiger charge is 2.06. The number of rotatable bonds is 5. The number of aryl methyl sites for hydroxylation is 2. The molecule has 21 heavy (non-hydrogen) atoms. The Bertz CT molecular complexity index is 586. The van der Waals surface area contributed by atoms with Gasteiger partial charge in [0, 0.05) is 17.9 Å². The average Bonchev–Trinajstić information content (AvgIpc) is 2.46. The summed E-state index contributed by atoms with van der Waals surface area (Å²) in [6.07, 6.45) is 3.76. The molecule has 1 aromatic carbocycles. The lowest BCUT2D eigenvalue weighted by Crippen LogP contribution is -2.36. The van der Waals surface area contributed by atoms with Crippen LogP contribution >= 0.6 is 12.2 Å². The molecule has 0 radical (unpaired) electrons. The van der Waals surface area contributed by atoms with Crippen molar-refractivity contribution in [3.63, 3.8) is 0 Å². The summed E-state index contributed by atoms with van der Waals surface area (Å²) in [5.41, 5.74) is 2.25. The van der Waals surface area contributed by atoms with Crippen molar-refractivity contribution in [1.82, 2.24) is 15.3 Å². The van der Waals surface area contributed by atoms with E-state index in [1.165, 1.54) is 5.56 Å². The van der Waals surface area contributed by atoms with Crippen LogP contribution in [0.2, 0.25) is 0 Å². The predicted octanol–water partition coefficient (Wildman–Crippen LogP) is 3.09. The molecule has 110 valence electrons. The summed E-state index contributed by atoms with van der Waals surface area (Å²) in [6.45, 7) is 4.04. The fourth-order valence-corrected chi connectivity index (χ4v) is 2.26. The van der Waals surface area contributed by atoms with Crippen LogP contribution in [-0.2, 0) is 6.42 Å². The lowest BCUT2D eigenvalue weighted by molar-refractivity contribution is 0.609. The highest BCUT2D eigenvalue weighted by molar-refractivity contribution is 7.80. The molecule has 5 heteroatoms. The molecule has 2 rings (SSSR count). The van der Waals surface area contributed by atoms with Crippen LogP contribution in [-0.4, -0.2) is 21.1 Å². The normalized spacial score (nSPS) is 11.7. The Kier molecular flexibility index (Phi) is 5.63. The van der Waals surface area contributed by atoms with Crippen LogP contribution in [0.4, 0.5) is 5.95 Å². The van der Waals surface area contributed by atoms with Crippen LogP contribution < -0.4 is 10.6 Å². The maximum absolute atomic E-state index is 5.28. The quantitative estimate of drug-likeness (QED) is 0.831. The maximum Gasteiger partial charge on any atom is 0.229 e. The second-order valence-electron chi connectivity index (χ2n) is 5.05. The number of aromatic nitrogens is 2. The van der Waals surface area contributed by atoms with E-state index in [2.05, 4.69) is 51.8 Å². The summed E-state index contributed by atoms with van der Waals surface area (Å²) in [4.78, 5) is 8.39. The van der Waals surface area contributed by atoms with E-state index in [4.69, 9.17) is 12.2 Å². The minimum Gasteiger partial charge on any atom is -0.360 e. The van der Waals surface area contributed by atoms with Gasteiger partial charge in [0.1, 0.15) is 0 Å². The molecular formula is C16H20N4S. The number of nitrogens with zero attached hydrogens (tertiary/aromatic N) is 2. The Morgan fingerprint density at radius 3 is 2.71 bits per heavy atom. The van der Waals surface area contributed by atoms with E-state index in [9.17, 15) is 0 Å². The molecule has 0 aliphatic heterocycles. The minimum atomic E-state index is 0.287. The van der Waals surface area contributed by atoms with Gasteiger partial charge in [0.15, 0.2) is 5.11 Å². The van der Waals surface area contributed by atoms with Crippen molar-refractivity contribution >= 4 is 23.3 Å². The van der Waals surface area contributed by atoms with E-state index in [1.54, 1.807) is 6.20 Å². The molecule has 1 atom stereocenters. The van der Waals surface area contributed by atoms with Gasteiger partial charge in [0.05, 0.1) is 0 Å². The van der Waals surface area contributed by atoms with E-state index in [-0.39, 0.29) is 6.04 Å². The smallest absolute Gasteiger partial charge is 0.229 e. The molecule has 1 heterocycles. The van der Waals surface area contributed by atoms with Gasteiger partial charge in [0.2, 0.25) is 5.95 Å². The Labute approximate surface area is 131 Å². The molecule has 0 aliphatic rings. The van der Waals surface area contributed by atoms with Crippen molar-refractivity contribution in [2.45, 2.75) is 32.7 Å². The summed E-state index contributed by atoms with van der Waals surface area (Å²) >= 11 is 5.28. The molecule has 2 N–H and O–H groups in total. The maximum atomic E-state index is 5.28. The van der Waals surface area contributed by atoms with Crippen molar-refractivity contribution in [3.8, 4) is 0 Å². The third kappa shape index (κ3) is 5.47. The lowest BCUT2D eigenvalue weighted by atomic mass is 10.1. The molecule has 4 nitrogen and oxygen atoms in total. The summed E-state index contributed by atoms with van der Waals surface area (Å²) in [7, 11) is 0. The summed E-state index contributed by atoms with van der Waals surface area (Å²) in [5.74, 6) is 0.530. The van der Waals surface area contributed by atoms with Crippen molar-refractivity contribution in [3.05, 3.63) is 53.9 Å². The topological polar surface area (TPSA) is 49.8 Å². The van der Waals surface area contributed by atoms with E-state index in [1.807, 2.05) is 19.1 Å². The number of hydrogen-bond donors (Lipinski definition) is 2. The molecule has 0 bridgehead atoms. The average molecular weight is 300 g/mol. The van der Waals surface area contributed by atoms with E-state index in [0.29, 0.717) is 11.1 Å². The number of thiocarbonyl (C=S) groups is 1. The van der Waals surface area contributed by atoms with Crippen LogP contribution in [0.5, 0.6) is 0 Å². The van der Waals surface area contributed by atoms with Gasteiger partial charge >= 0.3 is 0 Å². The first-order valence-corrected chi connectivity index (χ1v) is 7.45. The number of benzene rings is 1. The summed E-state index contributed by atoms with van der Waals surface area (Å²) < 4.78 is 0. The Morgan fingerprint density at radius 1 is 1.24 bits per heavy atom. The van der Waals surface area contributed by atoms with Crippen LogP contribution in [0.15, 0.2) is 42.6 Å². The zero-order valence-corrected chi connectivity index (χ0v) is 13.2. The summed E-state index contributed by atoms with van der Waals surface area (Å²) in [6, 6.07) is 12.6. The van der Waals surface area contributed by atoms with Gasteiger partial charge in [-0.1, -0.05) is 30.3 Å². The van der Waals surface area contributed by atoms with Crippen LogP contribution in [0.25, 0.3) is 0 Å². The predicted molar refractivity (Wildman–Crippen MR) is 90.4 cm³/mol. The molecule has 0 aliphatic carbocycles. The first-order valence-electron chi connectivity index (χ1n) is 7.04. The van der Waals surface area contributed by atoms with Crippen LogP contribution in [0.1, 0.15) is 24.6 Å². The third-order valence-corrected chi connectivity index (χ3v) is 3.33. The second kappa shape index (κ2) is 7.69. The minimum absolute atomic E-state index is 0.287. The molecule has 0 amide bonds. The molecular weight excluding hydrogens is 280 g/mol. The third-order valence-electron chi connectivity index (χ3n) is 3.11. The highest BCUT2D eigenvalue weighted by atomic mass is 32.1. The van der Waals surface area contributed by atoms with Gasteiger partial charge in [-0.2, -0.15) is 0 Å². The fourth-order valence-electron chi connectivity index (χ4n) is 1.97. The van der Waals surface area contributed by atoms with E-state index >= 15 is 0 Å². The van der Waals surface area contributed by atoms with Crippen molar-refractivity contribution in [2.24, 2.45) is 0 Å². The Hall–Kier alpha value is -2.01. The zero-order chi connectivity index (χ0) is 15.1. The highest BCUT2D eigenvalue weighted by Crippen LogP contribution is 2.05. The van der Waals surface area contributed by atoms with Crippen molar-refractivity contribution in [2.75, 3.05) is 5.32 Å². The Morgan fingerprint density at radius 2 is 2.00 bits per heavy atom. The molecule has 0 unspecified atom stereocenters. The van der Waals surface area contributed by atoms with Crippen molar-refractivity contribution in [1.29, 1.82) is 0 Å². The SMILES string of the molecule is Cc1ccnc(NC(=S)N[C@@H](C)CCc2ccccc2)n1. The first-order chi connectivity index (χ1) is 10.1. The first kappa shape index (κ1) is 15.4. The van der Waals surface area contributed by atoms with Crippen LogP contribution in [0, 0.1) is 6.92 Å². The van der Waals surface area contributed by atoms with Crippen LogP contribution in [0.3, 0.4) is 0 Å². The standard InChI is InChI=1S/C16H20N4S/c1-12(8-9-14-6-4-3-5-7-14)19-16(21)20-15-17-11-10-13(2)18-15/h3-7,10-12H,8-9H2,1-2H3,(H2,17,18,19,20,21)/t12-/m0/s1. The second-order valence-corrected chi connectivity index (χ2v) is 5.45. The molecule has 0 saturated carbocycles. The van der Waals surface area contributed by atoms with Gasteiger partial charge in [-0.3, -0.25) is 0 Å². The van der Waals surface area contributed by atoms with Gasteiger partial charge in [0.25, 0.3) is 0 Å². The number of anilines is 1. The largest absolute Gasteiger partial charge is 0.360 e.